The van der Waals surface area contributed by atoms with Gasteiger partial charge < -0.3 is 10.6 Å². The molecule has 0 aliphatic carbocycles. The predicted molar refractivity (Wildman–Crippen MR) is 72.6 cm³/mol. The van der Waals surface area contributed by atoms with Crippen molar-refractivity contribution in [1.82, 2.24) is 15.5 Å². The molecule has 1 aliphatic heterocycles. The van der Waals surface area contributed by atoms with E-state index < -0.39 is 0 Å². The van der Waals surface area contributed by atoms with Crippen LogP contribution in [0, 0.1) is 0 Å². The summed E-state index contributed by atoms with van der Waals surface area (Å²) in [5.41, 5.74) is 1.93. The van der Waals surface area contributed by atoms with Crippen LogP contribution in [0.15, 0.2) is 24.3 Å². The molecule has 1 atom stereocenters. The van der Waals surface area contributed by atoms with Crippen LogP contribution in [-0.4, -0.2) is 43.5 Å². The van der Waals surface area contributed by atoms with Gasteiger partial charge in [-0.25, -0.2) is 0 Å². The van der Waals surface area contributed by atoms with Crippen molar-refractivity contribution in [3.05, 3.63) is 35.4 Å². The fourth-order valence-electron chi connectivity index (χ4n) is 2.31. The smallest absolute Gasteiger partial charge is 0.251 e. The molecule has 0 spiro atoms. The standard InChI is InChI=1S/C14H21N3O/c1-11-9-16-6-7-17(11)10-12-4-3-5-13(8-12)14(18)15-2/h3-5,8,11,16H,6-7,9-10H2,1-2H3,(H,15,18)/t11-/m0/s1. The summed E-state index contributed by atoms with van der Waals surface area (Å²) in [7, 11) is 1.66. The van der Waals surface area contributed by atoms with E-state index in [1.165, 1.54) is 5.56 Å². The van der Waals surface area contributed by atoms with Crippen molar-refractivity contribution in [3.8, 4) is 0 Å². The van der Waals surface area contributed by atoms with E-state index in [4.69, 9.17) is 0 Å². The lowest BCUT2D eigenvalue weighted by Gasteiger charge is -2.33. The first-order valence-corrected chi connectivity index (χ1v) is 6.46. The highest BCUT2D eigenvalue weighted by molar-refractivity contribution is 5.94. The molecule has 98 valence electrons. The van der Waals surface area contributed by atoms with Gasteiger partial charge in [-0.3, -0.25) is 9.69 Å². The summed E-state index contributed by atoms with van der Waals surface area (Å²) < 4.78 is 0. The second-order valence-electron chi connectivity index (χ2n) is 4.80. The maximum absolute atomic E-state index is 11.6. The summed E-state index contributed by atoms with van der Waals surface area (Å²) in [6.07, 6.45) is 0. The molecule has 1 fully saturated rings. The van der Waals surface area contributed by atoms with Crippen LogP contribution in [0.2, 0.25) is 0 Å². The van der Waals surface area contributed by atoms with E-state index in [2.05, 4.69) is 28.5 Å². The Hall–Kier alpha value is -1.39. The maximum Gasteiger partial charge on any atom is 0.251 e. The first kappa shape index (κ1) is 13.1. The number of carbonyl (C=O) groups is 1. The third-order valence-corrected chi connectivity index (χ3v) is 3.44. The van der Waals surface area contributed by atoms with Gasteiger partial charge in [-0.15, -0.1) is 0 Å². The van der Waals surface area contributed by atoms with Crippen LogP contribution < -0.4 is 10.6 Å². The minimum atomic E-state index is -0.0230. The summed E-state index contributed by atoms with van der Waals surface area (Å²) >= 11 is 0. The minimum absolute atomic E-state index is 0.0230. The molecule has 2 N–H and O–H groups in total. The van der Waals surface area contributed by atoms with E-state index in [1.54, 1.807) is 7.05 Å². The molecule has 1 aromatic rings. The van der Waals surface area contributed by atoms with Crippen molar-refractivity contribution in [1.29, 1.82) is 0 Å². The maximum atomic E-state index is 11.6. The molecule has 1 amide bonds. The van der Waals surface area contributed by atoms with Crippen molar-refractivity contribution >= 4 is 5.91 Å². The van der Waals surface area contributed by atoms with Gasteiger partial charge in [0.05, 0.1) is 0 Å². The fraction of sp³-hybridized carbons (Fsp3) is 0.500. The Balaban J connectivity index is 2.06. The van der Waals surface area contributed by atoms with Crippen LogP contribution in [0.25, 0.3) is 0 Å². The first-order chi connectivity index (χ1) is 8.70. The summed E-state index contributed by atoms with van der Waals surface area (Å²) in [6, 6.07) is 8.41. The van der Waals surface area contributed by atoms with E-state index in [-0.39, 0.29) is 5.91 Å². The number of hydrogen-bond acceptors (Lipinski definition) is 3. The number of hydrogen-bond donors (Lipinski definition) is 2. The van der Waals surface area contributed by atoms with Crippen LogP contribution in [-0.2, 0) is 6.54 Å². The topological polar surface area (TPSA) is 44.4 Å². The van der Waals surface area contributed by atoms with E-state index in [9.17, 15) is 4.79 Å². The number of carbonyl (C=O) groups excluding carboxylic acids is 1. The number of rotatable bonds is 3. The van der Waals surface area contributed by atoms with Crippen LogP contribution >= 0.6 is 0 Å². The molecule has 18 heavy (non-hydrogen) atoms. The minimum Gasteiger partial charge on any atom is -0.355 e. The zero-order valence-electron chi connectivity index (χ0n) is 11.1. The Kier molecular flexibility index (Phi) is 4.33. The summed E-state index contributed by atoms with van der Waals surface area (Å²) in [5, 5.41) is 6.04. The van der Waals surface area contributed by atoms with Crippen molar-refractivity contribution in [2.24, 2.45) is 0 Å². The van der Waals surface area contributed by atoms with E-state index in [0.29, 0.717) is 6.04 Å². The van der Waals surface area contributed by atoms with E-state index in [0.717, 1.165) is 31.7 Å². The van der Waals surface area contributed by atoms with Crippen LogP contribution in [0.4, 0.5) is 0 Å². The average molecular weight is 247 g/mol. The predicted octanol–water partition coefficient (Wildman–Crippen LogP) is 0.840. The first-order valence-electron chi connectivity index (χ1n) is 6.46. The van der Waals surface area contributed by atoms with Gasteiger partial charge in [0.25, 0.3) is 5.91 Å². The summed E-state index contributed by atoms with van der Waals surface area (Å²) in [5.74, 6) is -0.0230. The molecule has 1 saturated heterocycles. The van der Waals surface area contributed by atoms with Crippen LogP contribution in [0.3, 0.4) is 0 Å². The van der Waals surface area contributed by atoms with Gasteiger partial charge in [0, 0.05) is 44.8 Å². The molecule has 1 aromatic carbocycles. The third-order valence-electron chi connectivity index (χ3n) is 3.44. The quantitative estimate of drug-likeness (QED) is 0.832. The zero-order valence-corrected chi connectivity index (χ0v) is 11.1. The van der Waals surface area contributed by atoms with Crippen molar-refractivity contribution < 1.29 is 4.79 Å². The van der Waals surface area contributed by atoms with Gasteiger partial charge in [0.2, 0.25) is 0 Å². The second kappa shape index (κ2) is 5.98. The molecule has 0 aromatic heterocycles. The monoisotopic (exact) mass is 247 g/mol. The molecule has 0 bridgehead atoms. The van der Waals surface area contributed by atoms with Gasteiger partial charge in [-0.2, -0.15) is 0 Å². The molecular weight excluding hydrogens is 226 g/mol. The molecule has 0 unspecified atom stereocenters. The van der Waals surface area contributed by atoms with Gasteiger partial charge >= 0.3 is 0 Å². The van der Waals surface area contributed by atoms with Crippen molar-refractivity contribution in [2.45, 2.75) is 19.5 Å². The van der Waals surface area contributed by atoms with Gasteiger partial charge in [-0.1, -0.05) is 12.1 Å². The number of benzene rings is 1. The SMILES string of the molecule is CNC(=O)c1cccc(CN2CCNC[C@@H]2C)c1. The number of piperazine rings is 1. The Bertz CT molecular complexity index is 419. The lowest BCUT2D eigenvalue weighted by atomic mass is 10.1. The molecule has 1 heterocycles. The molecule has 0 saturated carbocycles. The summed E-state index contributed by atoms with van der Waals surface area (Å²) in [4.78, 5) is 14.0. The average Bonchev–Trinajstić information content (AvgIpc) is 2.41. The van der Waals surface area contributed by atoms with Gasteiger partial charge in [0.15, 0.2) is 0 Å². The highest BCUT2D eigenvalue weighted by Crippen LogP contribution is 2.12. The largest absolute Gasteiger partial charge is 0.355 e. The number of amides is 1. The van der Waals surface area contributed by atoms with Crippen LogP contribution in [0.5, 0.6) is 0 Å². The Labute approximate surface area is 108 Å². The lowest BCUT2D eigenvalue weighted by Crippen LogP contribution is -2.49. The number of nitrogens with zero attached hydrogens (tertiary/aromatic N) is 1. The Morgan fingerprint density at radius 1 is 1.56 bits per heavy atom. The van der Waals surface area contributed by atoms with Gasteiger partial charge in [-0.05, 0) is 24.6 Å². The zero-order chi connectivity index (χ0) is 13.0. The Morgan fingerprint density at radius 2 is 2.39 bits per heavy atom. The molecule has 4 heteroatoms. The molecule has 4 nitrogen and oxygen atoms in total. The molecule has 1 aliphatic rings. The number of nitrogens with one attached hydrogen (secondary N) is 2. The Morgan fingerprint density at radius 3 is 3.11 bits per heavy atom. The third kappa shape index (κ3) is 3.09. The van der Waals surface area contributed by atoms with Crippen molar-refractivity contribution in [2.75, 3.05) is 26.7 Å². The highest BCUT2D eigenvalue weighted by Gasteiger charge is 2.17. The molecular formula is C14H21N3O. The molecule has 2 rings (SSSR count). The molecule has 0 radical (unpaired) electrons. The van der Waals surface area contributed by atoms with Crippen molar-refractivity contribution in [3.63, 3.8) is 0 Å². The van der Waals surface area contributed by atoms with Crippen LogP contribution in [0.1, 0.15) is 22.8 Å². The fourth-order valence-corrected chi connectivity index (χ4v) is 2.31. The highest BCUT2D eigenvalue weighted by atomic mass is 16.1. The normalized spacial score (nSPS) is 20.7. The van der Waals surface area contributed by atoms with E-state index >= 15 is 0 Å². The lowest BCUT2D eigenvalue weighted by molar-refractivity contribution is 0.0963. The van der Waals surface area contributed by atoms with E-state index in [1.807, 2.05) is 18.2 Å². The van der Waals surface area contributed by atoms with Gasteiger partial charge in [0.1, 0.15) is 0 Å². The summed E-state index contributed by atoms with van der Waals surface area (Å²) in [6.45, 7) is 6.28. The second-order valence-corrected chi connectivity index (χ2v) is 4.80.